The summed E-state index contributed by atoms with van der Waals surface area (Å²) >= 11 is 0. The van der Waals surface area contributed by atoms with Gasteiger partial charge in [-0.05, 0) is 43.9 Å². The number of hydrogen-bond acceptors (Lipinski definition) is 3. The van der Waals surface area contributed by atoms with Crippen LogP contribution < -0.4 is 5.32 Å². The summed E-state index contributed by atoms with van der Waals surface area (Å²) in [5, 5.41) is 3.16. The molecule has 3 rings (SSSR count). The molecule has 1 N–H and O–H groups in total. The number of amides is 1. The Morgan fingerprint density at radius 3 is 2.81 bits per heavy atom. The zero-order valence-electron chi connectivity index (χ0n) is 15.8. The average molecular weight is 384 g/mol. The molecule has 0 aliphatic carbocycles. The van der Waals surface area contributed by atoms with Crippen molar-refractivity contribution in [2.45, 2.75) is 62.8 Å². The highest BCUT2D eigenvalue weighted by molar-refractivity contribution is 5.77. The van der Waals surface area contributed by atoms with Gasteiger partial charge in [-0.1, -0.05) is 18.6 Å². The van der Waals surface area contributed by atoms with Crippen molar-refractivity contribution in [3.05, 3.63) is 35.4 Å². The van der Waals surface area contributed by atoms with E-state index in [4.69, 9.17) is 4.74 Å². The highest BCUT2D eigenvalue weighted by Gasteiger charge is 2.50. The van der Waals surface area contributed by atoms with Crippen molar-refractivity contribution >= 4 is 5.91 Å². The van der Waals surface area contributed by atoms with E-state index in [2.05, 4.69) is 10.2 Å². The third-order valence-electron chi connectivity index (χ3n) is 5.86. The summed E-state index contributed by atoms with van der Waals surface area (Å²) < 4.78 is 44.8. The maximum atomic E-state index is 13.2. The number of rotatable bonds is 4. The number of ether oxygens (including phenoxy) is 1. The molecule has 27 heavy (non-hydrogen) atoms. The fourth-order valence-electron chi connectivity index (χ4n) is 4.60. The van der Waals surface area contributed by atoms with E-state index in [-0.39, 0.29) is 18.0 Å². The number of nitrogens with one attached hydrogen (secondary N) is 1. The first-order valence-corrected chi connectivity index (χ1v) is 9.47. The summed E-state index contributed by atoms with van der Waals surface area (Å²) in [6, 6.07) is 5.46. The molecule has 1 aromatic carbocycles. The molecule has 0 saturated carbocycles. The average Bonchev–Trinajstić information content (AvgIpc) is 2.86. The van der Waals surface area contributed by atoms with E-state index in [0.717, 1.165) is 25.3 Å². The molecule has 1 amide bonds. The molecular formula is C20H27F3N2O2. The molecule has 0 aromatic heterocycles. The van der Waals surface area contributed by atoms with E-state index in [1.54, 1.807) is 13.2 Å². The Morgan fingerprint density at radius 1 is 1.33 bits per heavy atom. The van der Waals surface area contributed by atoms with E-state index in [0.29, 0.717) is 31.6 Å². The molecule has 2 saturated heterocycles. The summed E-state index contributed by atoms with van der Waals surface area (Å²) in [6.07, 6.45) is -0.581. The summed E-state index contributed by atoms with van der Waals surface area (Å²) in [4.78, 5) is 14.5. The fraction of sp³-hybridized carbons (Fsp3) is 0.650. The predicted octanol–water partition coefficient (Wildman–Crippen LogP) is 3.92. The van der Waals surface area contributed by atoms with Gasteiger partial charge < -0.3 is 10.1 Å². The number of hydrogen-bond donors (Lipinski definition) is 1. The molecule has 0 spiro atoms. The maximum Gasteiger partial charge on any atom is 0.416 e. The van der Waals surface area contributed by atoms with E-state index in [9.17, 15) is 18.0 Å². The van der Waals surface area contributed by atoms with E-state index >= 15 is 0 Å². The van der Waals surface area contributed by atoms with Crippen LogP contribution in [0, 0.1) is 0 Å². The highest BCUT2D eigenvalue weighted by Crippen LogP contribution is 2.45. The molecule has 4 nitrogen and oxygen atoms in total. The molecule has 0 unspecified atom stereocenters. The third kappa shape index (κ3) is 4.29. The lowest BCUT2D eigenvalue weighted by Crippen LogP contribution is -2.55. The molecular weight excluding hydrogens is 357 g/mol. The predicted molar refractivity (Wildman–Crippen MR) is 96.2 cm³/mol. The minimum absolute atomic E-state index is 0.0265. The van der Waals surface area contributed by atoms with E-state index in [1.807, 2.05) is 6.92 Å². The van der Waals surface area contributed by atoms with Crippen molar-refractivity contribution in [1.82, 2.24) is 10.2 Å². The van der Waals surface area contributed by atoms with Crippen molar-refractivity contribution in [3.63, 3.8) is 0 Å². The Labute approximate surface area is 158 Å². The second kappa shape index (κ2) is 7.80. The van der Waals surface area contributed by atoms with Gasteiger partial charge >= 0.3 is 6.18 Å². The van der Waals surface area contributed by atoms with Crippen molar-refractivity contribution in [2.24, 2.45) is 0 Å². The van der Waals surface area contributed by atoms with Crippen molar-refractivity contribution < 1.29 is 22.7 Å². The van der Waals surface area contributed by atoms with E-state index in [1.165, 1.54) is 12.1 Å². The normalized spacial score (nSPS) is 29.7. The van der Waals surface area contributed by atoms with Gasteiger partial charge in [0.1, 0.15) is 0 Å². The van der Waals surface area contributed by atoms with Gasteiger partial charge in [0.25, 0.3) is 0 Å². The first kappa shape index (κ1) is 20.1. The number of methoxy groups -OCH3 is 1. The van der Waals surface area contributed by atoms with Crippen LogP contribution in [0.4, 0.5) is 13.2 Å². The van der Waals surface area contributed by atoms with Crippen LogP contribution in [0.5, 0.6) is 0 Å². The fourth-order valence-corrected chi connectivity index (χ4v) is 4.60. The number of fused-ring (bicyclic) bond motifs is 1. The lowest BCUT2D eigenvalue weighted by molar-refractivity contribution is -0.137. The summed E-state index contributed by atoms with van der Waals surface area (Å²) in [5.41, 5.74) is -0.446. The van der Waals surface area contributed by atoms with Gasteiger partial charge in [0, 0.05) is 32.2 Å². The van der Waals surface area contributed by atoms with Crippen LogP contribution in [0.15, 0.2) is 24.3 Å². The lowest BCUT2D eigenvalue weighted by atomic mass is 9.85. The monoisotopic (exact) mass is 384 g/mol. The van der Waals surface area contributed by atoms with Crippen LogP contribution >= 0.6 is 0 Å². The largest absolute Gasteiger partial charge is 0.416 e. The number of halogens is 3. The third-order valence-corrected chi connectivity index (χ3v) is 5.86. The standard InChI is InChI=1S/C20H27F3N2O2/c1-19-13-16(14-6-5-7-15(12-14)20(21,22)23)25(10-11-27-2)17(19)8-3-4-9-18(26)24-19/h5-7,12,16-17H,3-4,8-11,13H2,1-2H3,(H,24,26)/t16-,17-,19-/m0/s1. The van der Waals surface area contributed by atoms with Crippen molar-refractivity contribution in [1.29, 1.82) is 0 Å². The Balaban J connectivity index is 1.96. The van der Waals surface area contributed by atoms with Gasteiger partial charge in [-0.3, -0.25) is 9.69 Å². The molecule has 0 bridgehead atoms. The molecule has 1 aromatic rings. The Hall–Kier alpha value is -1.60. The minimum Gasteiger partial charge on any atom is -0.383 e. The lowest BCUT2D eigenvalue weighted by Gasteiger charge is -2.38. The smallest absolute Gasteiger partial charge is 0.383 e. The number of likely N-dealkylation sites (tertiary alicyclic amines) is 1. The maximum absolute atomic E-state index is 13.2. The van der Waals surface area contributed by atoms with Crippen LogP contribution in [0.25, 0.3) is 0 Å². The van der Waals surface area contributed by atoms with E-state index < -0.39 is 17.3 Å². The Morgan fingerprint density at radius 2 is 2.11 bits per heavy atom. The first-order chi connectivity index (χ1) is 12.7. The van der Waals surface area contributed by atoms with Crippen LogP contribution in [-0.2, 0) is 15.7 Å². The summed E-state index contributed by atoms with van der Waals surface area (Å²) in [7, 11) is 1.62. The topological polar surface area (TPSA) is 41.6 Å². The summed E-state index contributed by atoms with van der Waals surface area (Å²) in [5.74, 6) is 0.0265. The SMILES string of the molecule is COCCN1[C@H]2CCCCC(=O)N[C@@]2(C)C[C@H]1c1cccc(C(F)(F)F)c1. The minimum atomic E-state index is -4.37. The van der Waals surface area contributed by atoms with Crippen LogP contribution in [-0.4, -0.2) is 42.6 Å². The Bertz CT molecular complexity index is 679. The molecule has 2 heterocycles. The van der Waals surface area contributed by atoms with Crippen molar-refractivity contribution in [3.8, 4) is 0 Å². The second-order valence-corrected chi connectivity index (χ2v) is 7.80. The van der Waals surface area contributed by atoms with Crippen molar-refractivity contribution in [2.75, 3.05) is 20.3 Å². The number of nitrogens with zero attached hydrogens (tertiary/aromatic N) is 1. The van der Waals surface area contributed by atoms with Crippen LogP contribution in [0.2, 0.25) is 0 Å². The zero-order chi connectivity index (χ0) is 19.7. The highest BCUT2D eigenvalue weighted by atomic mass is 19.4. The van der Waals surface area contributed by atoms with Gasteiger partial charge in [0.05, 0.1) is 17.7 Å². The van der Waals surface area contributed by atoms with Crippen LogP contribution in [0.3, 0.4) is 0 Å². The molecule has 2 fully saturated rings. The number of alkyl halides is 3. The van der Waals surface area contributed by atoms with Gasteiger partial charge in [-0.2, -0.15) is 13.2 Å². The molecule has 2 aliphatic heterocycles. The van der Waals surface area contributed by atoms with Gasteiger partial charge in [-0.15, -0.1) is 0 Å². The first-order valence-electron chi connectivity index (χ1n) is 9.47. The Kier molecular flexibility index (Phi) is 5.82. The van der Waals surface area contributed by atoms with Gasteiger partial charge in [0.2, 0.25) is 5.91 Å². The zero-order valence-corrected chi connectivity index (χ0v) is 15.8. The summed E-state index contributed by atoms with van der Waals surface area (Å²) in [6.45, 7) is 3.14. The molecule has 0 radical (unpaired) electrons. The van der Waals surface area contributed by atoms with Gasteiger partial charge in [0.15, 0.2) is 0 Å². The number of benzene rings is 1. The number of carbonyl (C=O) groups excluding carboxylic acids is 1. The second-order valence-electron chi connectivity index (χ2n) is 7.80. The van der Waals surface area contributed by atoms with Gasteiger partial charge in [-0.25, -0.2) is 0 Å². The molecule has 150 valence electrons. The molecule has 7 heteroatoms. The molecule has 2 aliphatic rings. The van der Waals surface area contributed by atoms with Crippen LogP contribution in [0.1, 0.15) is 56.2 Å². The molecule has 3 atom stereocenters. The number of carbonyl (C=O) groups is 1. The quantitative estimate of drug-likeness (QED) is 0.856.